The van der Waals surface area contributed by atoms with Crippen molar-refractivity contribution in [2.75, 3.05) is 26.3 Å². The molecule has 9 nitrogen and oxygen atoms in total. The fourth-order valence-electron chi connectivity index (χ4n) is 6.32. The Bertz CT molecular complexity index is 1660. The van der Waals surface area contributed by atoms with Crippen LogP contribution in [0.15, 0.2) is 12.7 Å². The average molecular weight is 619 g/mol. The van der Waals surface area contributed by atoms with Gasteiger partial charge in [-0.15, -0.1) is 22.7 Å². The molecule has 2 aliphatic carbocycles. The normalized spacial score (nSPS) is 22.6. The Morgan fingerprint density at radius 3 is 1.90 bits per heavy atom. The van der Waals surface area contributed by atoms with E-state index in [0.717, 1.165) is 82.9 Å². The minimum absolute atomic E-state index is 0.0978. The number of likely N-dealkylation sites (tertiary alicyclic amines) is 1. The van der Waals surface area contributed by atoms with Gasteiger partial charge >= 0.3 is 5.97 Å². The Hall–Kier alpha value is -2.44. The lowest BCUT2D eigenvalue weighted by Crippen LogP contribution is -2.68. The maximum Gasteiger partial charge on any atom is 0.306 e. The van der Waals surface area contributed by atoms with Gasteiger partial charge in [0, 0.05) is 28.8 Å². The molecule has 1 spiro atoms. The first-order chi connectivity index (χ1) is 19.3. The summed E-state index contributed by atoms with van der Waals surface area (Å²) in [7, 11) is 0. The molecule has 13 heteroatoms. The summed E-state index contributed by atoms with van der Waals surface area (Å²) in [6.45, 7) is 3.38. The summed E-state index contributed by atoms with van der Waals surface area (Å²) in [5.74, 6) is -0.587. The number of nitrogens with zero attached hydrogens (tertiary/aromatic N) is 5. The van der Waals surface area contributed by atoms with Gasteiger partial charge in [-0.2, -0.15) is 0 Å². The second-order valence-corrected chi connectivity index (χ2v) is 14.0. The summed E-state index contributed by atoms with van der Waals surface area (Å²) in [4.78, 5) is 46.5. The van der Waals surface area contributed by atoms with Crippen LogP contribution in [0, 0.1) is 17.3 Å². The van der Waals surface area contributed by atoms with E-state index in [0.29, 0.717) is 29.1 Å². The number of carbonyl (C=O) groups is 2. The molecule has 0 radical (unpaired) electrons. The van der Waals surface area contributed by atoms with E-state index < -0.39 is 5.97 Å². The predicted molar refractivity (Wildman–Crippen MR) is 153 cm³/mol. The number of aromatic nitrogens is 4. The molecule has 4 aromatic heterocycles. The number of carbonyl (C=O) groups excluding carboxylic acids is 1. The molecule has 0 aromatic carbocycles. The van der Waals surface area contributed by atoms with Gasteiger partial charge in [-0.1, -0.05) is 23.2 Å². The standard InChI is InChI=1S/C16H16ClN3O2S.C11H9ClN2O2S/c17-13-12-10-2-1-9(3-11(10)23-14(12)19-8-18-13)15(21)20-4-16(5-20)6-22-7-16;12-9-8-6-2-1-5(11(15)16)3-7(6)17-10(8)14-4-13-9/h8-9H,1-7H2;4-5H,1-3H2,(H,15,16)/t9-;5-/m00/s1. The molecular formula is C27H25Cl2N5O4S2. The second kappa shape index (κ2) is 10.1. The van der Waals surface area contributed by atoms with Crippen LogP contribution in [-0.2, 0) is 40.0 Å². The van der Waals surface area contributed by atoms with Crippen LogP contribution in [0.2, 0.25) is 10.3 Å². The van der Waals surface area contributed by atoms with E-state index in [1.807, 2.05) is 4.90 Å². The highest BCUT2D eigenvalue weighted by atomic mass is 35.5. The van der Waals surface area contributed by atoms with E-state index in [-0.39, 0.29) is 17.3 Å². The Kier molecular flexibility index (Phi) is 6.70. The van der Waals surface area contributed by atoms with Crippen molar-refractivity contribution in [3.8, 4) is 0 Å². The van der Waals surface area contributed by atoms with Gasteiger partial charge < -0.3 is 14.7 Å². The summed E-state index contributed by atoms with van der Waals surface area (Å²) in [5.41, 5.74) is 2.69. The Morgan fingerprint density at radius 2 is 1.40 bits per heavy atom. The highest BCUT2D eigenvalue weighted by Gasteiger charge is 2.51. The Labute approximate surface area is 247 Å². The van der Waals surface area contributed by atoms with Gasteiger partial charge in [-0.25, -0.2) is 19.9 Å². The first-order valence-electron chi connectivity index (χ1n) is 13.2. The predicted octanol–water partition coefficient (Wildman–Crippen LogP) is 4.84. The largest absolute Gasteiger partial charge is 0.481 e. The van der Waals surface area contributed by atoms with Crippen molar-refractivity contribution >= 4 is 78.2 Å². The van der Waals surface area contributed by atoms with Crippen molar-refractivity contribution in [3.63, 3.8) is 0 Å². The monoisotopic (exact) mass is 617 g/mol. The van der Waals surface area contributed by atoms with Gasteiger partial charge in [-0.3, -0.25) is 9.59 Å². The molecule has 0 unspecified atom stereocenters. The number of fused-ring (bicyclic) bond motifs is 6. The van der Waals surface area contributed by atoms with Crippen LogP contribution in [0.3, 0.4) is 0 Å². The van der Waals surface area contributed by atoms with Crippen LogP contribution in [0.1, 0.15) is 33.7 Å². The van der Waals surface area contributed by atoms with Crippen molar-refractivity contribution in [3.05, 3.63) is 43.8 Å². The molecule has 4 aliphatic rings. The Morgan fingerprint density at radius 1 is 0.875 bits per heavy atom. The summed E-state index contributed by atoms with van der Waals surface area (Å²) >= 11 is 15.5. The maximum absolute atomic E-state index is 12.7. The van der Waals surface area contributed by atoms with E-state index in [1.165, 1.54) is 34.4 Å². The highest BCUT2D eigenvalue weighted by Crippen LogP contribution is 2.43. The smallest absolute Gasteiger partial charge is 0.306 e. The van der Waals surface area contributed by atoms with Crippen molar-refractivity contribution in [1.29, 1.82) is 0 Å². The third kappa shape index (κ3) is 4.46. The van der Waals surface area contributed by atoms with E-state index in [2.05, 4.69) is 19.9 Å². The average Bonchev–Trinajstić information content (AvgIpc) is 3.46. The number of rotatable bonds is 2. The van der Waals surface area contributed by atoms with E-state index >= 15 is 0 Å². The topological polar surface area (TPSA) is 118 Å². The molecule has 0 bridgehead atoms. The van der Waals surface area contributed by atoms with Crippen LogP contribution in [0.4, 0.5) is 0 Å². The van der Waals surface area contributed by atoms with Crippen LogP contribution in [0.25, 0.3) is 20.4 Å². The first-order valence-corrected chi connectivity index (χ1v) is 15.6. The van der Waals surface area contributed by atoms with Crippen LogP contribution < -0.4 is 0 Å². The number of thiophene rings is 2. The molecule has 40 heavy (non-hydrogen) atoms. The fraction of sp³-hybridized carbons (Fsp3) is 0.481. The van der Waals surface area contributed by atoms with E-state index in [9.17, 15) is 9.59 Å². The molecule has 208 valence electrons. The number of hydrogen-bond acceptors (Lipinski definition) is 9. The number of carboxylic acid groups (broad SMARTS) is 1. The highest BCUT2D eigenvalue weighted by molar-refractivity contribution is 7.19. The zero-order valence-electron chi connectivity index (χ0n) is 21.4. The maximum atomic E-state index is 12.7. The first kappa shape index (κ1) is 26.5. The number of amides is 1. The van der Waals surface area contributed by atoms with Crippen molar-refractivity contribution in [1.82, 2.24) is 24.8 Å². The lowest BCUT2D eigenvalue weighted by molar-refractivity contribution is -0.197. The minimum Gasteiger partial charge on any atom is -0.481 e. The summed E-state index contributed by atoms with van der Waals surface area (Å²) < 4.78 is 5.28. The molecule has 1 amide bonds. The van der Waals surface area contributed by atoms with Crippen molar-refractivity contribution in [2.45, 2.75) is 38.5 Å². The fourth-order valence-corrected chi connectivity index (χ4v) is 9.46. The van der Waals surface area contributed by atoms with Gasteiger partial charge in [0.25, 0.3) is 0 Å². The van der Waals surface area contributed by atoms with Crippen molar-refractivity contribution in [2.24, 2.45) is 17.3 Å². The van der Waals surface area contributed by atoms with Crippen LogP contribution in [-0.4, -0.2) is 68.1 Å². The third-order valence-electron chi connectivity index (χ3n) is 8.48. The minimum atomic E-state index is -0.717. The van der Waals surface area contributed by atoms with Gasteiger partial charge in [-0.05, 0) is 49.7 Å². The molecule has 1 N–H and O–H groups in total. The van der Waals surface area contributed by atoms with Gasteiger partial charge in [0.05, 0.1) is 35.3 Å². The lowest BCUT2D eigenvalue weighted by atomic mass is 9.76. The van der Waals surface area contributed by atoms with Gasteiger partial charge in [0.15, 0.2) is 0 Å². The van der Waals surface area contributed by atoms with Crippen LogP contribution >= 0.6 is 45.9 Å². The molecule has 0 saturated carbocycles. The SMILES string of the molecule is O=C(O)[C@H]1CCc2c(sc3ncnc(Cl)c23)C1.O=C([C@H]1CCc2c(sc3ncnc(Cl)c23)C1)N1CC2(COC2)C1. The van der Waals surface area contributed by atoms with Gasteiger partial charge in [0.2, 0.25) is 5.91 Å². The number of aliphatic carboxylic acids is 1. The van der Waals surface area contributed by atoms with E-state index in [1.54, 1.807) is 11.3 Å². The molecule has 2 fully saturated rings. The molecule has 8 rings (SSSR count). The number of hydrogen-bond donors (Lipinski definition) is 1. The summed E-state index contributed by atoms with van der Waals surface area (Å²) in [6.07, 6.45) is 7.55. The summed E-state index contributed by atoms with van der Waals surface area (Å²) in [5, 5.41) is 12.0. The lowest BCUT2D eigenvalue weighted by Gasteiger charge is -2.55. The van der Waals surface area contributed by atoms with Crippen molar-refractivity contribution < 1.29 is 19.4 Å². The quantitative estimate of drug-likeness (QED) is 0.317. The van der Waals surface area contributed by atoms with Gasteiger partial charge in [0.1, 0.15) is 32.6 Å². The zero-order valence-corrected chi connectivity index (χ0v) is 24.5. The number of ether oxygens (including phenoxy) is 1. The second-order valence-electron chi connectivity index (χ2n) is 11.1. The Balaban J connectivity index is 0.000000139. The summed E-state index contributed by atoms with van der Waals surface area (Å²) in [6, 6.07) is 0. The molecule has 2 saturated heterocycles. The molecule has 4 aromatic rings. The molecule has 2 aliphatic heterocycles. The zero-order chi connectivity index (χ0) is 27.6. The number of aryl methyl sites for hydroxylation is 2. The number of carboxylic acids is 1. The third-order valence-corrected chi connectivity index (χ3v) is 11.4. The van der Waals surface area contributed by atoms with Crippen LogP contribution in [0.5, 0.6) is 0 Å². The molecular weight excluding hydrogens is 593 g/mol. The number of halogens is 2. The molecule has 6 heterocycles. The van der Waals surface area contributed by atoms with E-state index in [4.69, 9.17) is 33.0 Å². The molecule has 2 atom stereocenters.